The number of sulfonamides is 1. The van der Waals surface area contributed by atoms with E-state index >= 15 is 0 Å². The van der Waals surface area contributed by atoms with Gasteiger partial charge in [-0.2, -0.15) is 4.31 Å². The summed E-state index contributed by atoms with van der Waals surface area (Å²) in [5.41, 5.74) is 1.15. The molecule has 5 nitrogen and oxygen atoms in total. The summed E-state index contributed by atoms with van der Waals surface area (Å²) in [6.07, 6.45) is 4.44. The molecule has 0 N–H and O–H groups in total. The molecule has 122 valence electrons. The molecule has 2 rings (SSSR count). The van der Waals surface area contributed by atoms with Crippen molar-refractivity contribution in [1.82, 2.24) is 9.21 Å². The average molecular weight is 324 g/mol. The Morgan fingerprint density at radius 2 is 1.86 bits per heavy atom. The summed E-state index contributed by atoms with van der Waals surface area (Å²) in [4.78, 5) is 13.5. The number of amides is 1. The van der Waals surface area contributed by atoms with Crippen LogP contribution in [0.4, 0.5) is 0 Å². The summed E-state index contributed by atoms with van der Waals surface area (Å²) in [5, 5.41) is 0. The van der Waals surface area contributed by atoms with E-state index in [2.05, 4.69) is 6.92 Å². The standard InChI is InChI=1S/C16H24N2O3S/c1-4-5-6-7-13-8-10-14(11-9-13)22(20,21)18-12-15(18)16(19)17(2)3/h8-11,15H,4-7,12H2,1-3H3. The molecule has 1 heterocycles. The second-order valence-electron chi connectivity index (χ2n) is 5.92. The molecule has 22 heavy (non-hydrogen) atoms. The normalized spacial score (nSPS) is 20.7. The van der Waals surface area contributed by atoms with Crippen molar-refractivity contribution in [2.24, 2.45) is 0 Å². The smallest absolute Gasteiger partial charge is 0.243 e. The Balaban J connectivity index is 2.03. The van der Waals surface area contributed by atoms with Gasteiger partial charge in [0, 0.05) is 20.6 Å². The van der Waals surface area contributed by atoms with Gasteiger partial charge in [-0.25, -0.2) is 8.42 Å². The van der Waals surface area contributed by atoms with Gasteiger partial charge >= 0.3 is 0 Å². The number of carbonyl (C=O) groups excluding carboxylic acids is 1. The molecule has 1 amide bonds. The van der Waals surface area contributed by atoms with Crippen LogP contribution in [-0.2, 0) is 21.2 Å². The average Bonchev–Trinajstić information content (AvgIpc) is 3.28. The lowest BCUT2D eigenvalue weighted by molar-refractivity contribution is -0.128. The maximum atomic E-state index is 12.5. The van der Waals surface area contributed by atoms with E-state index in [1.807, 2.05) is 12.1 Å². The third-order valence-electron chi connectivity index (χ3n) is 3.89. The van der Waals surface area contributed by atoms with Crippen molar-refractivity contribution in [2.45, 2.75) is 43.5 Å². The Bertz CT molecular complexity index is 623. The Kier molecular flexibility index (Phi) is 5.24. The highest BCUT2D eigenvalue weighted by Gasteiger charge is 2.49. The molecule has 2 atom stereocenters. The van der Waals surface area contributed by atoms with E-state index in [4.69, 9.17) is 0 Å². The van der Waals surface area contributed by atoms with Crippen molar-refractivity contribution in [3.8, 4) is 0 Å². The zero-order valence-corrected chi connectivity index (χ0v) is 14.3. The van der Waals surface area contributed by atoms with Crippen LogP contribution in [0.3, 0.4) is 0 Å². The number of benzene rings is 1. The third kappa shape index (κ3) is 3.67. The number of hydrogen-bond donors (Lipinski definition) is 0. The van der Waals surface area contributed by atoms with E-state index in [1.54, 1.807) is 26.2 Å². The topological polar surface area (TPSA) is 57.5 Å². The van der Waals surface area contributed by atoms with Gasteiger partial charge in [0.2, 0.25) is 15.9 Å². The van der Waals surface area contributed by atoms with Crippen LogP contribution in [0, 0.1) is 0 Å². The molecule has 0 radical (unpaired) electrons. The second-order valence-corrected chi connectivity index (χ2v) is 7.81. The highest BCUT2D eigenvalue weighted by molar-refractivity contribution is 7.89. The van der Waals surface area contributed by atoms with Crippen LogP contribution in [0.5, 0.6) is 0 Å². The first-order valence-corrected chi connectivity index (χ1v) is 9.14. The van der Waals surface area contributed by atoms with Crippen LogP contribution < -0.4 is 0 Å². The highest BCUT2D eigenvalue weighted by Crippen LogP contribution is 2.29. The Morgan fingerprint density at radius 3 is 2.41 bits per heavy atom. The van der Waals surface area contributed by atoms with Crippen molar-refractivity contribution in [3.05, 3.63) is 29.8 Å². The van der Waals surface area contributed by atoms with Crippen LogP contribution in [0.25, 0.3) is 0 Å². The number of likely N-dealkylation sites (N-methyl/N-ethyl adjacent to an activating group) is 1. The van der Waals surface area contributed by atoms with E-state index in [0.717, 1.165) is 18.4 Å². The lowest BCUT2D eigenvalue weighted by atomic mass is 10.1. The third-order valence-corrected chi connectivity index (χ3v) is 5.78. The summed E-state index contributed by atoms with van der Waals surface area (Å²) >= 11 is 0. The molecule has 6 heteroatoms. The minimum Gasteiger partial charge on any atom is -0.347 e. The van der Waals surface area contributed by atoms with E-state index in [9.17, 15) is 13.2 Å². The van der Waals surface area contributed by atoms with Crippen molar-refractivity contribution in [3.63, 3.8) is 0 Å². The van der Waals surface area contributed by atoms with Gasteiger partial charge in [-0.1, -0.05) is 31.9 Å². The van der Waals surface area contributed by atoms with Gasteiger partial charge in [0.1, 0.15) is 6.04 Å². The van der Waals surface area contributed by atoms with E-state index < -0.39 is 16.1 Å². The maximum Gasteiger partial charge on any atom is 0.243 e. The molecule has 0 spiro atoms. The molecule has 0 saturated carbocycles. The van der Waals surface area contributed by atoms with Crippen LogP contribution in [-0.4, -0.2) is 50.2 Å². The molecule has 0 aliphatic carbocycles. The predicted molar refractivity (Wildman–Crippen MR) is 86.0 cm³/mol. The van der Waals surface area contributed by atoms with Gasteiger partial charge < -0.3 is 4.90 Å². The maximum absolute atomic E-state index is 12.5. The summed E-state index contributed by atoms with van der Waals surface area (Å²) in [5.74, 6) is -0.167. The van der Waals surface area contributed by atoms with Gasteiger partial charge in [0.05, 0.1) is 4.90 Å². The first kappa shape index (κ1) is 17.0. The van der Waals surface area contributed by atoms with Crippen LogP contribution in [0.1, 0.15) is 31.7 Å². The fourth-order valence-corrected chi connectivity index (χ4v) is 3.94. The lowest BCUT2D eigenvalue weighted by Crippen LogP contribution is -2.30. The fraction of sp³-hybridized carbons (Fsp3) is 0.562. The number of rotatable bonds is 7. The van der Waals surface area contributed by atoms with Gasteiger partial charge in [-0.3, -0.25) is 4.79 Å². The highest BCUT2D eigenvalue weighted by atomic mass is 32.2. The molecule has 1 aliphatic rings. The Labute approximate surface area is 133 Å². The molecule has 0 aromatic heterocycles. The SMILES string of the molecule is CCCCCc1ccc(S(=O)(=O)N2CC2C(=O)N(C)C)cc1. The second kappa shape index (κ2) is 6.79. The molecular weight excluding hydrogens is 300 g/mol. The number of carbonyl (C=O) groups is 1. The molecule has 1 aromatic rings. The monoisotopic (exact) mass is 324 g/mol. The molecular formula is C16H24N2O3S. The van der Waals surface area contributed by atoms with Crippen molar-refractivity contribution in [1.29, 1.82) is 0 Å². The van der Waals surface area contributed by atoms with E-state index in [0.29, 0.717) is 0 Å². The number of nitrogens with zero attached hydrogens (tertiary/aromatic N) is 2. The largest absolute Gasteiger partial charge is 0.347 e. The van der Waals surface area contributed by atoms with Gasteiger partial charge in [0.25, 0.3) is 0 Å². The summed E-state index contributed by atoms with van der Waals surface area (Å²) < 4.78 is 26.2. The Hall–Kier alpha value is -1.40. The molecule has 1 fully saturated rings. The van der Waals surface area contributed by atoms with E-state index in [1.165, 1.54) is 22.0 Å². The van der Waals surface area contributed by atoms with Crippen LogP contribution in [0.15, 0.2) is 29.2 Å². The summed E-state index contributed by atoms with van der Waals surface area (Å²) in [7, 11) is -0.279. The zero-order chi connectivity index (χ0) is 16.3. The van der Waals surface area contributed by atoms with Crippen molar-refractivity contribution >= 4 is 15.9 Å². The summed E-state index contributed by atoms with van der Waals surface area (Å²) in [6, 6.07) is 6.49. The quantitative estimate of drug-likeness (QED) is 0.568. The molecule has 1 saturated heterocycles. The summed E-state index contributed by atoms with van der Waals surface area (Å²) in [6.45, 7) is 2.43. The predicted octanol–water partition coefficient (Wildman–Crippen LogP) is 1.88. The number of aryl methyl sites for hydroxylation is 1. The molecule has 1 aliphatic heterocycles. The molecule has 0 bridgehead atoms. The zero-order valence-electron chi connectivity index (χ0n) is 13.4. The van der Waals surface area contributed by atoms with Gasteiger partial charge in [-0.15, -0.1) is 0 Å². The van der Waals surface area contributed by atoms with Crippen molar-refractivity contribution in [2.75, 3.05) is 20.6 Å². The number of unbranched alkanes of at least 4 members (excludes halogenated alkanes) is 2. The minimum absolute atomic E-state index is 0.167. The van der Waals surface area contributed by atoms with Crippen molar-refractivity contribution < 1.29 is 13.2 Å². The van der Waals surface area contributed by atoms with Gasteiger partial charge in [-0.05, 0) is 30.5 Å². The van der Waals surface area contributed by atoms with Gasteiger partial charge in [0.15, 0.2) is 0 Å². The van der Waals surface area contributed by atoms with Crippen LogP contribution in [0.2, 0.25) is 0 Å². The minimum atomic E-state index is -3.55. The molecule has 1 aromatic carbocycles. The molecule has 2 unspecified atom stereocenters. The number of hydrogen-bond acceptors (Lipinski definition) is 3. The Morgan fingerprint density at radius 1 is 1.23 bits per heavy atom. The van der Waals surface area contributed by atoms with E-state index in [-0.39, 0.29) is 17.3 Å². The first-order valence-electron chi connectivity index (χ1n) is 7.70. The first-order chi connectivity index (χ1) is 10.4. The fourth-order valence-electron chi connectivity index (χ4n) is 2.43. The van der Waals surface area contributed by atoms with Crippen LogP contribution >= 0.6 is 0 Å². The lowest BCUT2D eigenvalue weighted by Gasteiger charge is -2.11.